The van der Waals surface area contributed by atoms with E-state index in [2.05, 4.69) is 9.47 Å². The molecule has 0 fully saturated rings. The third-order valence-electron chi connectivity index (χ3n) is 16.7. The highest BCUT2D eigenvalue weighted by Crippen LogP contribution is 2.56. The van der Waals surface area contributed by atoms with E-state index < -0.39 is 133 Å². The molecule has 0 N–H and O–H groups in total. The second kappa shape index (κ2) is 34.4. The number of carbonyl (C=O) groups is 4. The summed E-state index contributed by atoms with van der Waals surface area (Å²) < 4.78 is 354. The van der Waals surface area contributed by atoms with Crippen molar-refractivity contribution in [2.75, 3.05) is 14.2 Å². The number of carbonyl (C=O) groups excluding carboxylic acids is 4. The van der Waals surface area contributed by atoms with Crippen molar-refractivity contribution < 1.29 is 156 Å². The molecule has 3 unspecified atom stereocenters. The van der Waals surface area contributed by atoms with Crippen LogP contribution in [0.2, 0.25) is 0 Å². The molecular weight excluding hydrogens is 1720 g/mol. The number of ketones is 2. The quantitative estimate of drug-likeness (QED) is 0.0396. The van der Waals surface area contributed by atoms with E-state index in [-0.39, 0.29) is 75.8 Å². The number of halogens is 23. The number of alkyl halides is 15. The predicted octanol–water partition coefficient (Wildman–Crippen LogP) is 23.1. The number of hydrogen-bond donors (Lipinski definition) is 0. The maximum Gasteiger partial charge on any atom is 0.601 e. The first-order valence-corrected chi connectivity index (χ1v) is 38.6. The van der Waals surface area contributed by atoms with Gasteiger partial charge in [-0.2, -0.15) is 39.5 Å². The molecule has 2 aliphatic rings. The van der Waals surface area contributed by atoms with Crippen molar-refractivity contribution in [3.05, 3.63) is 263 Å². The molecule has 612 valence electrons. The summed E-state index contributed by atoms with van der Waals surface area (Å²) in [6.45, 7) is 0. The Bertz CT molecular complexity index is 6170. The maximum atomic E-state index is 13.7. The molecule has 0 radical (unpaired) electrons. The Morgan fingerprint density at radius 1 is 0.422 bits per heavy atom. The van der Waals surface area contributed by atoms with E-state index in [1.165, 1.54) is 97.3 Å². The van der Waals surface area contributed by atoms with Crippen molar-refractivity contribution in [3.8, 4) is 0 Å². The first-order chi connectivity index (χ1) is 53.8. The molecule has 0 saturated heterocycles. The van der Waals surface area contributed by atoms with Crippen molar-refractivity contribution in [3.63, 3.8) is 0 Å². The van der Waals surface area contributed by atoms with Gasteiger partial charge in [0.1, 0.15) is 67.6 Å². The second-order valence-corrected chi connectivity index (χ2v) is 32.7. The highest BCUT2D eigenvalue weighted by atomic mass is 32.2. The third kappa shape index (κ3) is 19.3. The highest BCUT2D eigenvalue weighted by molar-refractivity contribution is 7.86. The minimum absolute atomic E-state index is 0.00509. The van der Waals surface area contributed by atoms with Gasteiger partial charge in [-0.25, -0.2) is 52.0 Å². The van der Waals surface area contributed by atoms with E-state index in [0.717, 1.165) is 109 Å². The first-order valence-electron chi connectivity index (χ1n) is 31.7. The Morgan fingerprint density at radius 3 is 1.18 bits per heavy atom. The lowest BCUT2D eigenvalue weighted by Crippen LogP contribution is -2.50. The van der Waals surface area contributed by atoms with Crippen LogP contribution >= 0.6 is 43.6 Å². The zero-order valence-electron chi connectivity index (χ0n) is 57.5. The molecule has 3 atom stereocenters. The molecule has 0 aliphatic heterocycles. The fourth-order valence-corrected chi connectivity index (χ4v) is 17.8. The van der Waals surface area contributed by atoms with Crippen LogP contribution in [0.4, 0.5) is 101 Å². The number of hydrogen-bond acceptors (Lipinski definition) is 14. The van der Waals surface area contributed by atoms with Gasteiger partial charge in [0.2, 0.25) is 10.1 Å². The summed E-state index contributed by atoms with van der Waals surface area (Å²) >= 11 is 2.90. The average Bonchev–Trinajstić information content (AvgIpc) is 1.58. The summed E-state index contributed by atoms with van der Waals surface area (Å²) in [6, 6.07) is 44.7. The zero-order chi connectivity index (χ0) is 86.1. The van der Waals surface area contributed by atoms with E-state index in [1.807, 2.05) is 18.2 Å². The summed E-state index contributed by atoms with van der Waals surface area (Å²) in [6.07, 6.45) is -5.20. The smallest absolute Gasteiger partial charge is 0.601 e. The molecule has 12 nitrogen and oxygen atoms in total. The molecule has 14 aromatic rings. The summed E-state index contributed by atoms with van der Waals surface area (Å²) in [4.78, 5) is 46.4. The largest absolute Gasteiger partial charge is 0.741 e. The lowest BCUT2D eigenvalue weighted by Gasteiger charge is -2.26. The summed E-state index contributed by atoms with van der Waals surface area (Å²) in [5, 5.41) is 3.63. The van der Waals surface area contributed by atoms with Crippen molar-refractivity contribution >= 4 is 168 Å². The summed E-state index contributed by atoms with van der Waals surface area (Å²) in [7, 11) is -14.5. The van der Waals surface area contributed by atoms with Crippen LogP contribution in [0.1, 0.15) is 31.8 Å². The SMILES string of the molecule is COC(=O)C1(C(F)(F)F)Cc2ccccc2C1=O.COC(=O)C1Cc2ccccc2C1=O.Fc1ccc2c(c1)c1cc(F)ccc1[s+]2C(F)(F)F.Fc1ccc2c(c1)c1cccc(F)c1[s+]2C(F)(F)F.Fc1ccc2sc3c(F)cccc3c2c1.Fc1ccc2sc3ccc(F)cc3c2c1.O=S(=O)([O-])C(F)(F)F.O=S(=O)([O-])C(F)(F)F. The van der Waals surface area contributed by atoms with Crippen molar-refractivity contribution in [1.82, 2.24) is 0 Å². The molecule has 4 heterocycles. The molecule has 2 aliphatic carbocycles. The number of methoxy groups -OCH3 is 2. The molecule has 10 aromatic carbocycles. The molecule has 0 amide bonds. The summed E-state index contributed by atoms with van der Waals surface area (Å²) in [5.74, 6) is -7.90. The summed E-state index contributed by atoms with van der Waals surface area (Å²) in [5.41, 5.74) is -21.7. The Labute approximate surface area is 649 Å². The van der Waals surface area contributed by atoms with Gasteiger partial charge in [-0.1, -0.05) is 66.7 Å². The number of esters is 2. The molecule has 0 saturated carbocycles. The van der Waals surface area contributed by atoms with Crippen LogP contribution in [-0.2, 0) is 63.2 Å². The second-order valence-electron chi connectivity index (χ2n) is 23.9. The van der Waals surface area contributed by atoms with Crippen LogP contribution in [0.15, 0.2) is 194 Å². The number of thiophene rings is 4. The van der Waals surface area contributed by atoms with Gasteiger partial charge < -0.3 is 18.6 Å². The van der Waals surface area contributed by atoms with Gasteiger partial charge in [0.05, 0.1) is 40.5 Å². The number of rotatable bonds is 2. The Hall–Kier alpha value is -10.4. The first kappa shape index (κ1) is 89.5. The number of ether oxygens (including phenoxy) is 2. The maximum absolute atomic E-state index is 13.7. The van der Waals surface area contributed by atoms with Crippen molar-refractivity contribution in [2.24, 2.45) is 11.3 Å². The lowest BCUT2D eigenvalue weighted by molar-refractivity contribution is -0.216. The normalized spacial score (nSPS) is 15.0. The van der Waals surface area contributed by atoms with E-state index in [0.29, 0.717) is 16.7 Å². The molecule has 4 aromatic heterocycles. The van der Waals surface area contributed by atoms with Gasteiger partial charge in [-0.05, 0) is 127 Å². The van der Waals surface area contributed by atoms with Gasteiger partial charge in [0.25, 0.3) is 0 Å². The molecule has 41 heteroatoms. The van der Waals surface area contributed by atoms with Crippen molar-refractivity contribution in [1.29, 1.82) is 0 Å². The van der Waals surface area contributed by atoms with Gasteiger partial charge in [0, 0.05) is 71.4 Å². The molecule has 116 heavy (non-hydrogen) atoms. The lowest BCUT2D eigenvalue weighted by atomic mass is 9.83. The van der Waals surface area contributed by atoms with Crippen LogP contribution in [0.5, 0.6) is 0 Å². The third-order valence-corrected chi connectivity index (χ3v) is 24.3. The molecule has 0 bridgehead atoms. The monoisotopic (exact) mass is 1760 g/mol. The van der Waals surface area contributed by atoms with E-state index in [4.69, 9.17) is 25.9 Å². The van der Waals surface area contributed by atoms with Crippen molar-refractivity contribution in [2.45, 2.75) is 41.1 Å². The minimum atomic E-state index is -6.09. The van der Waals surface area contributed by atoms with E-state index in [1.54, 1.807) is 47.7 Å². The Balaban J connectivity index is 0.000000154. The Morgan fingerprint density at radius 2 is 0.784 bits per heavy atom. The van der Waals surface area contributed by atoms with Crippen LogP contribution < -0.4 is 0 Å². The number of fused-ring (bicyclic) bond motifs is 14. The fourth-order valence-electron chi connectivity index (χ4n) is 11.7. The van der Waals surface area contributed by atoms with Gasteiger partial charge in [-0.3, -0.25) is 19.2 Å². The minimum Gasteiger partial charge on any atom is -0.741 e. The van der Waals surface area contributed by atoms with Crippen LogP contribution in [0.25, 0.3) is 80.7 Å². The van der Waals surface area contributed by atoms with Crippen LogP contribution in [0.3, 0.4) is 0 Å². The number of benzene rings is 10. The van der Waals surface area contributed by atoms with Gasteiger partial charge >= 0.3 is 40.1 Å². The van der Waals surface area contributed by atoms with Crippen LogP contribution in [-0.4, -0.2) is 80.9 Å². The van der Waals surface area contributed by atoms with Crippen LogP contribution in [0, 0.1) is 57.9 Å². The van der Waals surface area contributed by atoms with Gasteiger partial charge in [0.15, 0.2) is 51.7 Å². The highest BCUT2D eigenvalue weighted by Gasteiger charge is 2.69. The van der Waals surface area contributed by atoms with Gasteiger partial charge in [-0.15, -0.1) is 49.0 Å². The fraction of sp³-hybridized carbons (Fsp3) is 0.147. The zero-order valence-corrected chi connectivity index (χ0v) is 62.4. The van der Waals surface area contributed by atoms with E-state index in [9.17, 15) is 120 Å². The Kier molecular flexibility index (Phi) is 26.5. The molecule has 16 rings (SSSR count). The predicted molar refractivity (Wildman–Crippen MR) is 385 cm³/mol. The average molecular weight is 1770 g/mol. The topological polar surface area (TPSA) is 201 Å². The standard InChI is InChI=1S/2C13H6F5S.C12H9F3O3.2C12H6F2S.C11H10O3.2CHF3O3S/c14-7-1-3-11-9(5-7)10-6-8(15)2-4-12(10)19(11)13(16,17)18;14-7-4-5-11-9(6-7)8-2-1-3-10(15)12(8)19(11)13(16,17)18;1-18-10(17)11(12(13,14)15)6-7-4-2-3-5-8(7)9(11)16;13-7-1-3-11-9(5-7)10-6-8(14)2-4-12(10)15-11;13-7-4-5-11-9(6-7)8-2-1-3-10(14)12(8)15-11;1-14-11(13)9-6-7-4-2-3-5-8(7)10(9)12;2*2-1(3,4)8(5,6)7/h2*1-6H;2-5H,6H2,1H3;2*1-6H;2-5,9H,6H2,1H3;2*(H,5,6,7)/q2*+1;;;;;;/p-2. The molecule has 0 spiro atoms. The number of Topliss-reactive ketones (excluding diaryl/α,β-unsaturated/α-hetero) is 2. The molecular formula is C75H43F23O12S6. The van der Waals surface area contributed by atoms with E-state index >= 15 is 0 Å².